The second kappa shape index (κ2) is 4.72. The Balaban J connectivity index is 2.12. The standard InChI is InChI=1S/C13H13IN4O2/c1-17-11(19)5-4-10(12(17)20)18-9-3-2-7(14)6-8(9)16-13(18)15/h2-3,6,10H,4-5H2,1H3,(H2,15,16). The normalized spacial score (nSPS) is 19.9. The van der Waals surface area contributed by atoms with Crippen molar-refractivity contribution in [3.05, 3.63) is 21.8 Å². The van der Waals surface area contributed by atoms with Crippen LogP contribution in [0.4, 0.5) is 5.95 Å². The molecule has 1 aliphatic rings. The first-order chi connectivity index (χ1) is 9.49. The van der Waals surface area contributed by atoms with Gasteiger partial charge in [-0.1, -0.05) is 0 Å². The Morgan fingerprint density at radius 3 is 2.90 bits per heavy atom. The number of fused-ring (bicyclic) bond motifs is 1. The molecule has 1 unspecified atom stereocenters. The maximum absolute atomic E-state index is 12.3. The number of rotatable bonds is 1. The first kappa shape index (κ1) is 13.3. The number of nitrogen functional groups attached to an aromatic ring is 1. The van der Waals surface area contributed by atoms with Crippen LogP contribution in [-0.4, -0.2) is 33.3 Å². The van der Waals surface area contributed by atoms with Crippen molar-refractivity contribution in [1.82, 2.24) is 14.5 Å². The quantitative estimate of drug-likeness (QED) is 0.598. The number of imide groups is 1. The third-order valence-corrected chi connectivity index (χ3v) is 4.28. The number of hydrogen-bond donors (Lipinski definition) is 1. The van der Waals surface area contributed by atoms with E-state index in [-0.39, 0.29) is 11.8 Å². The Kier molecular flexibility index (Phi) is 3.15. The van der Waals surface area contributed by atoms with Gasteiger partial charge in [-0.2, -0.15) is 0 Å². The van der Waals surface area contributed by atoms with Crippen LogP contribution in [0.3, 0.4) is 0 Å². The molecule has 0 aliphatic carbocycles. The zero-order valence-corrected chi connectivity index (χ0v) is 13.0. The van der Waals surface area contributed by atoms with E-state index < -0.39 is 6.04 Å². The molecule has 1 aromatic heterocycles. The van der Waals surface area contributed by atoms with E-state index in [1.165, 1.54) is 11.9 Å². The number of amides is 2. The minimum absolute atomic E-state index is 0.149. The number of likely N-dealkylation sites (N-methyl/N-ethyl adjacent to an activating group) is 1. The summed E-state index contributed by atoms with van der Waals surface area (Å²) >= 11 is 2.20. The summed E-state index contributed by atoms with van der Waals surface area (Å²) in [5.41, 5.74) is 7.56. The molecule has 2 heterocycles. The Labute approximate surface area is 129 Å². The molecule has 1 aliphatic heterocycles. The summed E-state index contributed by atoms with van der Waals surface area (Å²) in [5.74, 6) is -0.0716. The van der Waals surface area contributed by atoms with E-state index in [0.29, 0.717) is 18.8 Å². The second-order valence-electron chi connectivity index (χ2n) is 4.82. The van der Waals surface area contributed by atoms with Crippen molar-refractivity contribution in [2.75, 3.05) is 12.8 Å². The van der Waals surface area contributed by atoms with Crippen LogP contribution in [0, 0.1) is 3.57 Å². The van der Waals surface area contributed by atoms with Gasteiger partial charge in [0.2, 0.25) is 11.9 Å². The average Bonchev–Trinajstić information content (AvgIpc) is 2.72. The molecule has 2 N–H and O–H groups in total. The number of halogens is 1. The summed E-state index contributed by atoms with van der Waals surface area (Å²) < 4.78 is 2.79. The Morgan fingerprint density at radius 1 is 1.40 bits per heavy atom. The van der Waals surface area contributed by atoms with Crippen LogP contribution in [0.5, 0.6) is 0 Å². The number of carbonyl (C=O) groups excluding carboxylic acids is 2. The molecule has 1 fully saturated rings. The van der Waals surface area contributed by atoms with E-state index in [2.05, 4.69) is 27.6 Å². The number of piperidine rings is 1. The van der Waals surface area contributed by atoms with E-state index in [1.54, 1.807) is 4.57 Å². The zero-order valence-electron chi connectivity index (χ0n) is 10.8. The van der Waals surface area contributed by atoms with Gasteiger partial charge < -0.3 is 5.73 Å². The smallest absolute Gasteiger partial charge is 0.252 e. The summed E-state index contributed by atoms with van der Waals surface area (Å²) in [4.78, 5) is 29.3. The molecule has 1 atom stereocenters. The molecular weight excluding hydrogens is 371 g/mol. The highest BCUT2D eigenvalue weighted by Gasteiger charge is 2.34. The number of imidazole rings is 1. The molecule has 0 radical (unpaired) electrons. The number of carbonyl (C=O) groups is 2. The van der Waals surface area contributed by atoms with Crippen LogP contribution in [0.15, 0.2) is 18.2 Å². The number of nitrogens with two attached hydrogens (primary N) is 1. The van der Waals surface area contributed by atoms with Crippen molar-refractivity contribution in [3.63, 3.8) is 0 Å². The Hall–Kier alpha value is -1.64. The molecule has 2 aromatic rings. The lowest BCUT2D eigenvalue weighted by molar-refractivity contribution is -0.149. The number of hydrogen-bond acceptors (Lipinski definition) is 4. The molecule has 0 saturated carbocycles. The molecule has 3 rings (SSSR count). The highest BCUT2D eigenvalue weighted by molar-refractivity contribution is 14.1. The van der Waals surface area contributed by atoms with E-state index >= 15 is 0 Å². The number of anilines is 1. The fraction of sp³-hybridized carbons (Fsp3) is 0.308. The van der Waals surface area contributed by atoms with Crippen molar-refractivity contribution in [2.45, 2.75) is 18.9 Å². The number of benzene rings is 1. The van der Waals surface area contributed by atoms with Crippen LogP contribution >= 0.6 is 22.6 Å². The van der Waals surface area contributed by atoms with E-state index in [1.807, 2.05) is 18.2 Å². The van der Waals surface area contributed by atoms with Crippen molar-refractivity contribution in [3.8, 4) is 0 Å². The van der Waals surface area contributed by atoms with E-state index in [4.69, 9.17) is 5.73 Å². The van der Waals surface area contributed by atoms with Crippen LogP contribution < -0.4 is 5.73 Å². The maximum atomic E-state index is 12.3. The lowest BCUT2D eigenvalue weighted by atomic mass is 10.0. The predicted molar refractivity (Wildman–Crippen MR) is 82.9 cm³/mol. The van der Waals surface area contributed by atoms with Crippen molar-refractivity contribution in [1.29, 1.82) is 0 Å². The molecular formula is C13H13IN4O2. The molecule has 2 amide bonds. The predicted octanol–water partition coefficient (Wildman–Crippen LogP) is 1.54. The molecule has 1 aromatic carbocycles. The van der Waals surface area contributed by atoms with Crippen molar-refractivity contribution >= 4 is 51.4 Å². The molecule has 7 heteroatoms. The molecule has 20 heavy (non-hydrogen) atoms. The van der Waals surface area contributed by atoms with Gasteiger partial charge in [0.1, 0.15) is 6.04 Å². The van der Waals surface area contributed by atoms with Crippen LogP contribution in [0.25, 0.3) is 11.0 Å². The summed E-state index contributed by atoms with van der Waals surface area (Å²) in [5, 5.41) is 0. The molecule has 0 spiro atoms. The molecule has 0 bridgehead atoms. The van der Waals surface area contributed by atoms with Gasteiger partial charge in [0.15, 0.2) is 0 Å². The van der Waals surface area contributed by atoms with Gasteiger partial charge in [-0.15, -0.1) is 0 Å². The SMILES string of the molecule is CN1C(=O)CCC(n2c(N)nc3cc(I)ccc32)C1=O. The Bertz CT molecular complexity index is 724. The fourth-order valence-corrected chi connectivity index (χ4v) is 3.03. The number of aromatic nitrogens is 2. The summed E-state index contributed by atoms with van der Waals surface area (Å²) in [6.45, 7) is 0. The number of likely N-dealkylation sites (tertiary alicyclic amines) is 1. The highest BCUT2D eigenvalue weighted by atomic mass is 127. The molecule has 1 saturated heterocycles. The largest absolute Gasteiger partial charge is 0.369 e. The monoisotopic (exact) mass is 384 g/mol. The van der Waals surface area contributed by atoms with Gasteiger partial charge in [-0.25, -0.2) is 4.98 Å². The number of nitrogens with zero attached hydrogens (tertiary/aromatic N) is 3. The lowest BCUT2D eigenvalue weighted by Gasteiger charge is -2.29. The second-order valence-corrected chi connectivity index (χ2v) is 6.06. The topological polar surface area (TPSA) is 81.2 Å². The maximum Gasteiger partial charge on any atom is 0.252 e. The van der Waals surface area contributed by atoms with Crippen molar-refractivity contribution in [2.24, 2.45) is 0 Å². The first-order valence-electron chi connectivity index (χ1n) is 6.22. The van der Waals surface area contributed by atoms with Gasteiger partial charge in [0.05, 0.1) is 11.0 Å². The van der Waals surface area contributed by atoms with Gasteiger partial charge in [0.25, 0.3) is 5.91 Å². The third-order valence-electron chi connectivity index (χ3n) is 3.61. The molecule has 104 valence electrons. The average molecular weight is 384 g/mol. The third kappa shape index (κ3) is 1.96. The van der Waals surface area contributed by atoms with E-state index in [0.717, 1.165) is 14.6 Å². The van der Waals surface area contributed by atoms with Crippen LogP contribution in [-0.2, 0) is 9.59 Å². The summed E-state index contributed by atoms with van der Waals surface area (Å²) in [6.07, 6.45) is 0.806. The highest BCUT2D eigenvalue weighted by Crippen LogP contribution is 2.30. The van der Waals surface area contributed by atoms with Gasteiger partial charge >= 0.3 is 0 Å². The zero-order chi connectivity index (χ0) is 14.4. The van der Waals surface area contributed by atoms with Crippen LogP contribution in [0.1, 0.15) is 18.9 Å². The van der Waals surface area contributed by atoms with Gasteiger partial charge in [-0.05, 0) is 47.2 Å². The van der Waals surface area contributed by atoms with Crippen LogP contribution in [0.2, 0.25) is 0 Å². The summed E-state index contributed by atoms with van der Waals surface area (Å²) in [7, 11) is 1.51. The lowest BCUT2D eigenvalue weighted by Crippen LogP contribution is -2.43. The Morgan fingerprint density at radius 2 is 2.15 bits per heavy atom. The van der Waals surface area contributed by atoms with E-state index in [9.17, 15) is 9.59 Å². The minimum Gasteiger partial charge on any atom is -0.369 e. The van der Waals surface area contributed by atoms with Gasteiger partial charge in [0, 0.05) is 17.0 Å². The van der Waals surface area contributed by atoms with Gasteiger partial charge in [-0.3, -0.25) is 19.1 Å². The first-order valence-corrected chi connectivity index (χ1v) is 7.30. The summed E-state index contributed by atoms with van der Waals surface area (Å²) in [6, 6.07) is 5.32. The molecule has 6 nitrogen and oxygen atoms in total. The fourth-order valence-electron chi connectivity index (χ4n) is 2.56. The minimum atomic E-state index is -0.456. The van der Waals surface area contributed by atoms with Crippen molar-refractivity contribution < 1.29 is 9.59 Å².